The molecule has 3 aliphatic rings. The third-order valence-corrected chi connectivity index (χ3v) is 12.9. The lowest BCUT2D eigenvalue weighted by Crippen LogP contribution is -2.38. The van der Waals surface area contributed by atoms with E-state index in [4.69, 9.17) is 35.2 Å². The van der Waals surface area contributed by atoms with Gasteiger partial charge < -0.3 is 22.3 Å². The molecule has 0 heterocycles. The van der Waals surface area contributed by atoms with Crippen LogP contribution in [0.5, 0.6) is 0 Å². The van der Waals surface area contributed by atoms with E-state index in [1.54, 1.807) is 0 Å². The van der Waals surface area contributed by atoms with Crippen molar-refractivity contribution in [2.24, 2.45) is 17.2 Å². The molecule has 0 radical (unpaired) electrons. The first kappa shape index (κ1) is 52.4. The average Bonchev–Trinajstić information content (AvgIpc) is 3.19. The third-order valence-electron chi connectivity index (χ3n) is 10.7. The summed E-state index contributed by atoms with van der Waals surface area (Å²) < 4.78 is 1.13. The van der Waals surface area contributed by atoms with Gasteiger partial charge in [0.1, 0.15) is 16.1 Å². The highest BCUT2D eigenvalue weighted by atomic mass is 79.9. The molecule has 0 spiro atoms. The van der Waals surface area contributed by atoms with Gasteiger partial charge in [-0.15, -0.1) is 36.3 Å². The molecule has 8 heteroatoms. The Morgan fingerprint density at radius 1 is 0.544 bits per heavy atom. The van der Waals surface area contributed by atoms with E-state index in [1.807, 2.05) is 12.1 Å². The molecule has 3 saturated carbocycles. The summed E-state index contributed by atoms with van der Waals surface area (Å²) in [5.74, 6) is 6.01. The molecule has 3 aromatic carbocycles. The van der Waals surface area contributed by atoms with Crippen molar-refractivity contribution in [3.63, 3.8) is 0 Å². The van der Waals surface area contributed by atoms with Crippen molar-refractivity contribution in [2.45, 2.75) is 152 Å². The number of terminal acetylenes is 2. The zero-order chi connectivity index (χ0) is 41.9. The number of aliphatic hydroxyl groups is 1. The summed E-state index contributed by atoms with van der Waals surface area (Å²) in [5.41, 5.74) is 31.1. The Hall–Kier alpha value is -2.62. The van der Waals surface area contributed by atoms with Gasteiger partial charge in [-0.05, 0) is 91.6 Å². The second kappa shape index (κ2) is 25.1. The van der Waals surface area contributed by atoms with Gasteiger partial charge >= 0.3 is 0 Å². The lowest BCUT2D eigenvalue weighted by atomic mass is 9.77. The number of hydrogen-bond donors (Lipinski definition) is 4. The molecule has 0 saturated heterocycles. The molecule has 0 unspecified atom stereocenters. The van der Waals surface area contributed by atoms with Crippen LogP contribution in [-0.4, -0.2) is 28.4 Å². The molecule has 3 aromatic rings. The van der Waals surface area contributed by atoms with Gasteiger partial charge in [-0.2, -0.15) is 0 Å². The van der Waals surface area contributed by atoms with Crippen molar-refractivity contribution in [2.75, 3.05) is 7.11 Å². The van der Waals surface area contributed by atoms with Gasteiger partial charge in [0.05, 0.1) is 0 Å². The summed E-state index contributed by atoms with van der Waals surface area (Å²) in [6.45, 7) is 13.3. The van der Waals surface area contributed by atoms with E-state index in [9.17, 15) is 0 Å². The summed E-state index contributed by atoms with van der Waals surface area (Å²) in [4.78, 5) is 0. The van der Waals surface area contributed by atoms with Gasteiger partial charge in [-0.25, -0.2) is 0 Å². The second-order valence-electron chi connectivity index (χ2n) is 17.9. The summed E-state index contributed by atoms with van der Waals surface area (Å²) in [5, 5.41) is 7.00. The van der Waals surface area contributed by atoms with E-state index in [1.165, 1.54) is 74.5 Å². The van der Waals surface area contributed by atoms with Gasteiger partial charge in [0.2, 0.25) is 0 Å². The highest BCUT2D eigenvalue weighted by Crippen LogP contribution is 2.37. The Labute approximate surface area is 364 Å². The largest absolute Gasteiger partial charge is 0.400 e. The van der Waals surface area contributed by atoms with E-state index in [0.29, 0.717) is 0 Å². The lowest BCUT2D eigenvalue weighted by molar-refractivity contribution is 0.302. The van der Waals surface area contributed by atoms with Crippen molar-refractivity contribution in [3.05, 3.63) is 105 Å². The minimum Gasteiger partial charge on any atom is -0.400 e. The maximum Gasteiger partial charge on any atom is 0.129 e. The van der Waals surface area contributed by atoms with Gasteiger partial charge in [-0.3, -0.25) is 0 Å². The Morgan fingerprint density at radius 2 is 0.877 bits per heavy atom. The van der Waals surface area contributed by atoms with Crippen LogP contribution in [0.15, 0.2) is 77.3 Å². The number of halogens is 2. The summed E-state index contributed by atoms with van der Waals surface area (Å²) in [6.07, 6.45) is 28.6. The van der Waals surface area contributed by atoms with Gasteiger partial charge in [-0.1, -0.05) is 161 Å². The van der Waals surface area contributed by atoms with Crippen LogP contribution in [0.1, 0.15) is 124 Å². The predicted molar refractivity (Wildman–Crippen MR) is 260 cm³/mol. The summed E-state index contributed by atoms with van der Waals surface area (Å²) >= 11 is 3.50. The number of benzene rings is 3. The first-order chi connectivity index (χ1) is 26.4. The number of nitrogens with two attached hydrogens (primary N) is 3. The molecular weight excluding hydrogens is 818 g/mol. The molecule has 0 amide bonds. The molecule has 7 N–H and O–H groups in total. The van der Waals surface area contributed by atoms with Gasteiger partial charge in [0.25, 0.3) is 0 Å². The van der Waals surface area contributed by atoms with E-state index in [2.05, 4.69) is 139 Å². The predicted octanol–water partition coefficient (Wildman–Crippen LogP) is 11.9. The van der Waals surface area contributed by atoms with Crippen LogP contribution in [0.2, 0.25) is 39.3 Å². The molecule has 0 aliphatic heterocycles. The zero-order valence-corrected chi connectivity index (χ0v) is 40.6. The number of aliphatic hydroxyl groups excluding tert-OH is 1. The van der Waals surface area contributed by atoms with Crippen LogP contribution in [0, 0.1) is 35.8 Å². The van der Waals surface area contributed by atoms with Crippen LogP contribution in [0.4, 0.5) is 0 Å². The minimum atomic E-state index is -1.31. The molecule has 4 nitrogen and oxygen atoms in total. The topological polar surface area (TPSA) is 98.3 Å². The van der Waals surface area contributed by atoms with Crippen LogP contribution in [-0.2, 0) is 16.6 Å². The van der Waals surface area contributed by atoms with Crippen molar-refractivity contribution in [1.29, 1.82) is 0 Å². The van der Waals surface area contributed by atoms with E-state index >= 15 is 0 Å². The molecule has 0 atom stereocenters. The zero-order valence-electron chi connectivity index (χ0n) is 36.2. The molecular formula is C49H73BrClN3OSi2. The van der Waals surface area contributed by atoms with Crippen LogP contribution >= 0.6 is 28.3 Å². The Kier molecular flexibility index (Phi) is 23.1. The Balaban J connectivity index is 0.000000391. The number of hydrogen-bond acceptors (Lipinski definition) is 4. The molecule has 3 aliphatic carbocycles. The first-order valence-electron chi connectivity index (χ1n) is 20.7. The SMILES string of the molecule is C#C[Si](C)(C)C.C#Cc1cccc(C2(N)CCCCC2)c1.CO.C[Si](C)(C)C#Cc1cccc(C2(N)CCCCC2)c1.Cl.NC1(c2cccc(Br)c2)CCCCC1. The molecule has 57 heavy (non-hydrogen) atoms. The van der Waals surface area contributed by atoms with Crippen molar-refractivity contribution in [3.8, 4) is 35.8 Å². The maximum absolute atomic E-state index is 7.00. The lowest BCUT2D eigenvalue weighted by Gasteiger charge is -2.34. The number of rotatable bonds is 3. The average molecular weight is 892 g/mol. The fourth-order valence-corrected chi connectivity index (χ4v) is 8.22. The molecule has 312 valence electrons. The Bertz CT molecular complexity index is 1770. The molecule has 0 bridgehead atoms. The highest BCUT2D eigenvalue weighted by molar-refractivity contribution is 9.10. The van der Waals surface area contributed by atoms with Crippen molar-refractivity contribution < 1.29 is 5.11 Å². The fourth-order valence-electron chi connectivity index (χ4n) is 7.30. The quantitative estimate of drug-likeness (QED) is 0.156. The Morgan fingerprint density at radius 3 is 1.21 bits per heavy atom. The second-order valence-corrected chi connectivity index (χ2v) is 28.3. The van der Waals surface area contributed by atoms with Crippen LogP contribution < -0.4 is 17.2 Å². The fraction of sp³-hybridized carbons (Fsp3) is 0.510. The van der Waals surface area contributed by atoms with Crippen molar-refractivity contribution in [1.82, 2.24) is 0 Å². The monoisotopic (exact) mass is 889 g/mol. The smallest absolute Gasteiger partial charge is 0.129 e. The van der Waals surface area contributed by atoms with Crippen LogP contribution in [0.3, 0.4) is 0 Å². The summed E-state index contributed by atoms with van der Waals surface area (Å²) in [6, 6.07) is 25.1. The third kappa shape index (κ3) is 18.9. The van der Waals surface area contributed by atoms with E-state index < -0.39 is 16.1 Å². The first-order valence-corrected chi connectivity index (χ1v) is 28.5. The highest BCUT2D eigenvalue weighted by Gasteiger charge is 2.31. The summed E-state index contributed by atoms with van der Waals surface area (Å²) in [7, 11) is -1.41. The minimum absolute atomic E-state index is 0. The molecule has 0 aromatic heterocycles. The van der Waals surface area contributed by atoms with Gasteiger partial charge in [0.15, 0.2) is 0 Å². The molecule has 6 rings (SSSR count). The van der Waals surface area contributed by atoms with Crippen molar-refractivity contribution >= 4 is 44.5 Å². The van der Waals surface area contributed by atoms with Gasteiger partial charge in [0, 0.05) is 39.3 Å². The maximum atomic E-state index is 7.00. The standard InChI is InChI=1S/C17H25NSi.C14H17N.C12H16BrN.C5H10Si.CH4O.ClH/c1-19(2,3)13-10-15-8-7-9-16(14-15)17(18)11-5-4-6-12-17;1-2-12-7-6-8-13(11-12)14(15)9-4-3-5-10-14;13-11-6-4-5-10(9-11)12(14)7-2-1-3-8-12;1-5-6(2,3)4;1-2;/h7-9,14H,4-6,11-12,18H2,1-3H3;1,6-8,11H,3-5,9-10,15H2;4-6,9H,1-3,7-8,14H2;1H,2-4H3;2H,1H3;1H. The molecule has 3 fully saturated rings. The normalized spacial score (nSPS) is 17.6. The van der Waals surface area contributed by atoms with Crippen LogP contribution in [0.25, 0.3) is 0 Å². The van der Waals surface area contributed by atoms with E-state index in [0.717, 1.165) is 61.2 Å². The van der Waals surface area contributed by atoms with E-state index in [-0.39, 0.29) is 29.0 Å².